The van der Waals surface area contributed by atoms with E-state index >= 15 is 0 Å². The zero-order valence-electron chi connectivity index (χ0n) is 17.8. The molecule has 0 unspecified atom stereocenters. The molecule has 1 spiro atoms. The number of carbonyl (C=O) groups is 3. The van der Waals surface area contributed by atoms with E-state index in [-0.39, 0.29) is 29.8 Å². The highest BCUT2D eigenvalue weighted by Gasteiger charge is 2.54. The van der Waals surface area contributed by atoms with Gasteiger partial charge in [0.05, 0.1) is 6.04 Å². The van der Waals surface area contributed by atoms with Crippen LogP contribution in [0, 0.1) is 5.92 Å². The second-order valence-corrected chi connectivity index (χ2v) is 9.44. The predicted octanol–water partition coefficient (Wildman–Crippen LogP) is 2.35. The van der Waals surface area contributed by atoms with Crippen LogP contribution in [0.5, 0.6) is 0 Å². The van der Waals surface area contributed by atoms with Gasteiger partial charge in [0.15, 0.2) is 0 Å². The fourth-order valence-electron chi connectivity index (χ4n) is 5.76. The van der Waals surface area contributed by atoms with Crippen LogP contribution < -0.4 is 5.32 Å². The Labute approximate surface area is 174 Å². The minimum atomic E-state index is -0.725. The van der Waals surface area contributed by atoms with E-state index in [0.717, 1.165) is 71.1 Å². The lowest BCUT2D eigenvalue weighted by Crippen LogP contribution is -2.56. The summed E-state index contributed by atoms with van der Waals surface area (Å²) in [5.41, 5.74) is -0.725. The SMILES string of the molecule is CCCN1CCC2(CC1)NC(=O)N([C@H]1CCCN(C(=O)C3CCCCC3)C1)C2=O. The third-order valence-corrected chi connectivity index (χ3v) is 7.47. The van der Waals surface area contributed by atoms with Crippen molar-refractivity contribution >= 4 is 17.8 Å². The van der Waals surface area contributed by atoms with Gasteiger partial charge in [0.1, 0.15) is 5.54 Å². The fraction of sp³-hybridized carbons (Fsp3) is 0.864. The molecule has 3 aliphatic heterocycles. The van der Waals surface area contributed by atoms with Crippen molar-refractivity contribution < 1.29 is 14.4 Å². The molecule has 4 rings (SSSR count). The Kier molecular flexibility index (Phi) is 6.13. The quantitative estimate of drug-likeness (QED) is 0.730. The van der Waals surface area contributed by atoms with Gasteiger partial charge < -0.3 is 15.1 Å². The van der Waals surface area contributed by atoms with E-state index in [4.69, 9.17) is 0 Å². The maximum atomic E-state index is 13.4. The third-order valence-electron chi connectivity index (χ3n) is 7.47. The zero-order chi connectivity index (χ0) is 20.4. The van der Waals surface area contributed by atoms with E-state index < -0.39 is 5.54 Å². The Balaban J connectivity index is 1.40. The summed E-state index contributed by atoms with van der Waals surface area (Å²) in [5, 5.41) is 3.04. The van der Waals surface area contributed by atoms with Crippen molar-refractivity contribution in [2.24, 2.45) is 5.92 Å². The fourth-order valence-corrected chi connectivity index (χ4v) is 5.76. The van der Waals surface area contributed by atoms with Crippen LogP contribution in [0.25, 0.3) is 0 Å². The van der Waals surface area contributed by atoms with Crippen LogP contribution in [-0.4, -0.2) is 76.8 Å². The summed E-state index contributed by atoms with van der Waals surface area (Å²) in [7, 11) is 0. The molecule has 4 amide bonds. The molecular weight excluding hydrogens is 368 g/mol. The Bertz CT molecular complexity index is 638. The smallest absolute Gasteiger partial charge is 0.325 e. The molecular formula is C22H36N4O3. The molecule has 29 heavy (non-hydrogen) atoms. The zero-order valence-corrected chi connectivity index (χ0v) is 17.8. The molecule has 1 atom stereocenters. The summed E-state index contributed by atoms with van der Waals surface area (Å²) in [5.74, 6) is 0.319. The van der Waals surface area contributed by atoms with Gasteiger partial charge in [0.25, 0.3) is 5.91 Å². The number of piperidine rings is 2. The maximum Gasteiger partial charge on any atom is 0.325 e. The van der Waals surface area contributed by atoms with Gasteiger partial charge in [-0.2, -0.15) is 0 Å². The van der Waals surface area contributed by atoms with Crippen LogP contribution in [0.1, 0.15) is 71.1 Å². The molecule has 0 bridgehead atoms. The number of imide groups is 1. The maximum absolute atomic E-state index is 13.4. The Morgan fingerprint density at radius 3 is 2.45 bits per heavy atom. The van der Waals surface area contributed by atoms with E-state index in [1.807, 2.05) is 4.90 Å². The van der Waals surface area contributed by atoms with Crippen molar-refractivity contribution in [3.05, 3.63) is 0 Å². The Morgan fingerprint density at radius 1 is 1.03 bits per heavy atom. The first-order chi connectivity index (χ1) is 14.0. The summed E-state index contributed by atoms with van der Waals surface area (Å²) >= 11 is 0. The molecule has 1 saturated carbocycles. The highest BCUT2D eigenvalue weighted by molar-refractivity contribution is 6.07. The number of carbonyl (C=O) groups excluding carboxylic acids is 3. The number of rotatable bonds is 4. The van der Waals surface area contributed by atoms with Crippen LogP contribution in [-0.2, 0) is 9.59 Å². The molecule has 1 N–H and O–H groups in total. The molecule has 3 heterocycles. The highest BCUT2D eigenvalue weighted by atomic mass is 16.2. The van der Waals surface area contributed by atoms with E-state index in [0.29, 0.717) is 19.4 Å². The number of hydrogen-bond acceptors (Lipinski definition) is 4. The van der Waals surface area contributed by atoms with Gasteiger partial charge >= 0.3 is 6.03 Å². The van der Waals surface area contributed by atoms with Crippen molar-refractivity contribution in [1.29, 1.82) is 0 Å². The van der Waals surface area contributed by atoms with E-state index in [1.54, 1.807) is 0 Å². The largest absolute Gasteiger partial charge is 0.340 e. The highest BCUT2D eigenvalue weighted by Crippen LogP contribution is 2.33. The summed E-state index contributed by atoms with van der Waals surface area (Å²) in [6.45, 7) is 6.18. The molecule has 0 aromatic heterocycles. The second kappa shape index (κ2) is 8.62. The predicted molar refractivity (Wildman–Crippen MR) is 110 cm³/mol. The number of nitrogens with one attached hydrogen (secondary N) is 1. The molecule has 0 radical (unpaired) electrons. The van der Waals surface area contributed by atoms with Crippen molar-refractivity contribution in [2.75, 3.05) is 32.7 Å². The first-order valence-corrected chi connectivity index (χ1v) is 11.7. The second-order valence-electron chi connectivity index (χ2n) is 9.44. The average molecular weight is 405 g/mol. The molecule has 7 heteroatoms. The van der Waals surface area contributed by atoms with Crippen molar-refractivity contribution in [2.45, 2.75) is 82.7 Å². The summed E-state index contributed by atoms with van der Waals surface area (Å²) in [6, 6.07) is -0.437. The standard InChI is InChI=1S/C22H36N4O3/c1-2-12-24-14-10-22(11-15-24)20(28)26(21(29)23-22)18-9-6-13-25(16-18)19(27)17-7-4-3-5-8-17/h17-18H,2-16H2,1H3,(H,23,29)/t18-/m0/s1. The number of likely N-dealkylation sites (tertiary alicyclic amines) is 2. The molecule has 3 saturated heterocycles. The van der Waals surface area contributed by atoms with Crippen LogP contribution in [0.2, 0.25) is 0 Å². The monoisotopic (exact) mass is 404 g/mol. The summed E-state index contributed by atoms with van der Waals surface area (Å²) in [6.07, 6.45) is 9.61. The number of nitrogens with zero attached hydrogens (tertiary/aromatic N) is 3. The van der Waals surface area contributed by atoms with Crippen LogP contribution in [0.3, 0.4) is 0 Å². The molecule has 4 fully saturated rings. The third kappa shape index (κ3) is 4.03. The Hall–Kier alpha value is -1.63. The first kappa shape index (κ1) is 20.6. The molecule has 4 aliphatic rings. The molecule has 162 valence electrons. The summed E-state index contributed by atoms with van der Waals surface area (Å²) in [4.78, 5) is 44.9. The lowest BCUT2D eigenvalue weighted by atomic mass is 9.86. The average Bonchev–Trinajstić information content (AvgIpc) is 2.99. The first-order valence-electron chi connectivity index (χ1n) is 11.7. The lowest BCUT2D eigenvalue weighted by molar-refractivity contribution is -0.142. The van der Waals surface area contributed by atoms with Crippen LogP contribution >= 0.6 is 0 Å². The lowest BCUT2D eigenvalue weighted by Gasteiger charge is -2.40. The van der Waals surface area contributed by atoms with Gasteiger partial charge in [-0.15, -0.1) is 0 Å². The van der Waals surface area contributed by atoms with Gasteiger partial charge in [-0.25, -0.2) is 4.79 Å². The normalized spacial score (nSPS) is 28.8. The van der Waals surface area contributed by atoms with Crippen molar-refractivity contribution in [1.82, 2.24) is 20.0 Å². The molecule has 1 aliphatic carbocycles. The molecule has 0 aromatic carbocycles. The van der Waals surface area contributed by atoms with Gasteiger partial charge in [0.2, 0.25) is 5.91 Å². The molecule has 7 nitrogen and oxygen atoms in total. The topological polar surface area (TPSA) is 73.0 Å². The van der Waals surface area contributed by atoms with E-state index in [9.17, 15) is 14.4 Å². The van der Waals surface area contributed by atoms with Gasteiger partial charge in [-0.1, -0.05) is 26.2 Å². The van der Waals surface area contributed by atoms with Gasteiger partial charge in [-0.3, -0.25) is 14.5 Å². The van der Waals surface area contributed by atoms with E-state index in [2.05, 4.69) is 17.1 Å². The number of urea groups is 1. The van der Waals surface area contributed by atoms with Crippen molar-refractivity contribution in [3.63, 3.8) is 0 Å². The van der Waals surface area contributed by atoms with Crippen molar-refractivity contribution in [3.8, 4) is 0 Å². The minimum Gasteiger partial charge on any atom is -0.340 e. The number of amides is 4. The minimum absolute atomic E-state index is 0.0596. The van der Waals surface area contributed by atoms with Gasteiger partial charge in [-0.05, 0) is 51.5 Å². The molecule has 0 aromatic rings. The van der Waals surface area contributed by atoms with Crippen LogP contribution in [0.4, 0.5) is 4.79 Å². The number of hydrogen-bond donors (Lipinski definition) is 1. The van der Waals surface area contributed by atoms with E-state index in [1.165, 1.54) is 11.3 Å². The Morgan fingerprint density at radius 2 is 1.76 bits per heavy atom. The van der Waals surface area contributed by atoms with Crippen LogP contribution in [0.15, 0.2) is 0 Å². The summed E-state index contributed by atoms with van der Waals surface area (Å²) < 4.78 is 0. The van der Waals surface area contributed by atoms with Gasteiger partial charge in [0, 0.05) is 32.1 Å².